The van der Waals surface area contributed by atoms with Gasteiger partial charge in [-0.2, -0.15) is 10.1 Å². The Hall–Kier alpha value is -4.07. The summed E-state index contributed by atoms with van der Waals surface area (Å²) in [6, 6.07) is 19.1. The minimum atomic E-state index is -0.216. The smallest absolute Gasteiger partial charge is 0.264 e. The molecule has 2 aromatic carbocycles. The number of benzene rings is 2. The Morgan fingerprint density at radius 2 is 1.71 bits per heavy atom. The number of fused-ring (bicyclic) bond motifs is 1. The summed E-state index contributed by atoms with van der Waals surface area (Å²) in [7, 11) is 0. The van der Waals surface area contributed by atoms with Crippen molar-refractivity contribution in [1.82, 2.24) is 29.5 Å². The van der Waals surface area contributed by atoms with Crippen molar-refractivity contribution in [3.05, 3.63) is 89.4 Å². The Morgan fingerprint density at radius 3 is 2.50 bits per heavy atom. The van der Waals surface area contributed by atoms with Gasteiger partial charge < -0.3 is 4.52 Å². The number of rotatable bonds is 4. The van der Waals surface area contributed by atoms with E-state index in [4.69, 9.17) is 4.52 Å². The highest BCUT2D eigenvalue weighted by atomic mass is 16.5. The first-order chi connectivity index (χ1) is 13.8. The van der Waals surface area contributed by atoms with Crippen molar-refractivity contribution in [3.63, 3.8) is 0 Å². The highest BCUT2D eigenvalue weighted by Crippen LogP contribution is 2.16. The van der Waals surface area contributed by atoms with Crippen LogP contribution in [0.15, 0.2) is 82.5 Å². The molecule has 5 aromatic rings. The summed E-state index contributed by atoms with van der Waals surface area (Å²) in [6.45, 7) is 0.137. The molecule has 5 rings (SSSR count). The van der Waals surface area contributed by atoms with Crippen LogP contribution in [-0.2, 0) is 6.54 Å². The summed E-state index contributed by atoms with van der Waals surface area (Å²) in [5, 5.41) is 8.71. The molecule has 0 spiro atoms. The summed E-state index contributed by atoms with van der Waals surface area (Å²) in [4.78, 5) is 21.6. The Balaban J connectivity index is 1.49. The lowest BCUT2D eigenvalue weighted by atomic mass is 10.2. The lowest BCUT2D eigenvalue weighted by Gasteiger charge is -2.04. The molecule has 0 radical (unpaired) electrons. The summed E-state index contributed by atoms with van der Waals surface area (Å²) in [6.07, 6.45) is 3.00. The molecule has 0 aliphatic rings. The highest BCUT2D eigenvalue weighted by Gasteiger charge is 2.14. The van der Waals surface area contributed by atoms with Gasteiger partial charge >= 0.3 is 0 Å². The Kier molecular flexibility index (Phi) is 3.79. The molecule has 0 N–H and O–H groups in total. The summed E-state index contributed by atoms with van der Waals surface area (Å²) < 4.78 is 8.37. The van der Waals surface area contributed by atoms with E-state index in [2.05, 4.69) is 20.2 Å². The quantitative estimate of drug-likeness (QED) is 0.483. The Bertz CT molecular complexity index is 1310. The number of aromatic nitrogens is 6. The summed E-state index contributed by atoms with van der Waals surface area (Å²) in [5.41, 5.74) is 1.98. The van der Waals surface area contributed by atoms with E-state index in [1.165, 1.54) is 17.1 Å². The van der Waals surface area contributed by atoms with Crippen LogP contribution in [0.1, 0.15) is 5.89 Å². The highest BCUT2D eigenvalue weighted by molar-refractivity contribution is 5.74. The second-order valence-electron chi connectivity index (χ2n) is 6.18. The zero-order valence-corrected chi connectivity index (χ0v) is 14.6. The monoisotopic (exact) mass is 370 g/mol. The molecule has 0 fully saturated rings. The molecule has 8 nitrogen and oxygen atoms in total. The number of para-hydroxylation sites is 1. The molecule has 3 heterocycles. The van der Waals surface area contributed by atoms with Crippen LogP contribution in [0.2, 0.25) is 0 Å². The minimum Gasteiger partial charge on any atom is -0.337 e. The van der Waals surface area contributed by atoms with Gasteiger partial charge in [0.1, 0.15) is 18.3 Å². The fraction of sp³-hybridized carbons (Fsp3) is 0.0500. The van der Waals surface area contributed by atoms with Gasteiger partial charge in [-0.3, -0.25) is 9.36 Å². The van der Waals surface area contributed by atoms with Crippen molar-refractivity contribution < 1.29 is 4.52 Å². The number of hydrogen-bond acceptors (Lipinski definition) is 6. The van der Waals surface area contributed by atoms with Gasteiger partial charge in [0.2, 0.25) is 11.7 Å². The normalized spacial score (nSPS) is 11.1. The van der Waals surface area contributed by atoms with Crippen molar-refractivity contribution in [3.8, 4) is 17.1 Å². The summed E-state index contributed by atoms with van der Waals surface area (Å²) in [5.74, 6) is 0.812. The molecule has 136 valence electrons. The van der Waals surface area contributed by atoms with Crippen molar-refractivity contribution in [2.75, 3.05) is 0 Å². The lowest BCUT2D eigenvalue weighted by molar-refractivity contribution is 0.369. The Morgan fingerprint density at radius 1 is 0.964 bits per heavy atom. The van der Waals surface area contributed by atoms with Crippen LogP contribution in [0.25, 0.3) is 28.1 Å². The molecule has 0 unspecified atom stereocenters. The molecule has 0 saturated carbocycles. The van der Waals surface area contributed by atoms with Gasteiger partial charge in [0.05, 0.1) is 11.9 Å². The summed E-state index contributed by atoms with van der Waals surface area (Å²) >= 11 is 0. The first kappa shape index (κ1) is 16.1. The van der Waals surface area contributed by atoms with Gasteiger partial charge in [-0.1, -0.05) is 53.7 Å². The molecular weight excluding hydrogens is 356 g/mol. The first-order valence-electron chi connectivity index (χ1n) is 8.66. The van der Waals surface area contributed by atoms with Gasteiger partial charge in [0.15, 0.2) is 5.65 Å². The standard InChI is InChI=1S/C20H14N6O2/c27-20-16-11-22-26(15-9-5-2-6-10-15)19(16)21-13-25(20)12-17-23-18(24-28-17)14-7-3-1-4-8-14/h1-11,13H,12H2. The van der Waals surface area contributed by atoms with Crippen LogP contribution < -0.4 is 5.56 Å². The maximum Gasteiger partial charge on any atom is 0.264 e. The molecular formula is C20H14N6O2. The molecule has 8 heteroatoms. The third kappa shape index (κ3) is 2.77. The van der Waals surface area contributed by atoms with E-state index in [1.807, 2.05) is 60.7 Å². The first-order valence-corrected chi connectivity index (χ1v) is 8.66. The third-order valence-corrected chi connectivity index (χ3v) is 4.36. The molecule has 0 amide bonds. The van der Waals surface area contributed by atoms with Crippen molar-refractivity contribution >= 4 is 11.0 Å². The number of nitrogens with zero attached hydrogens (tertiary/aromatic N) is 6. The van der Waals surface area contributed by atoms with Crippen LogP contribution in [0.5, 0.6) is 0 Å². The van der Waals surface area contributed by atoms with E-state index in [-0.39, 0.29) is 12.1 Å². The average molecular weight is 370 g/mol. The van der Waals surface area contributed by atoms with Gasteiger partial charge in [-0.05, 0) is 12.1 Å². The molecule has 0 aliphatic heterocycles. The van der Waals surface area contributed by atoms with E-state index < -0.39 is 0 Å². The zero-order valence-electron chi connectivity index (χ0n) is 14.6. The lowest BCUT2D eigenvalue weighted by Crippen LogP contribution is -2.21. The minimum absolute atomic E-state index is 0.137. The van der Waals surface area contributed by atoms with E-state index in [0.717, 1.165) is 11.3 Å². The molecule has 0 aliphatic carbocycles. The third-order valence-electron chi connectivity index (χ3n) is 4.36. The van der Waals surface area contributed by atoms with E-state index in [9.17, 15) is 4.79 Å². The maximum atomic E-state index is 12.8. The predicted octanol–water partition coefficient (Wildman–Crippen LogP) is 2.68. The fourth-order valence-corrected chi connectivity index (χ4v) is 2.99. The van der Waals surface area contributed by atoms with Crippen LogP contribution in [0, 0.1) is 0 Å². The van der Waals surface area contributed by atoms with Gasteiger partial charge in [0.25, 0.3) is 5.56 Å². The van der Waals surface area contributed by atoms with E-state index >= 15 is 0 Å². The fourth-order valence-electron chi connectivity index (χ4n) is 2.99. The van der Waals surface area contributed by atoms with Gasteiger partial charge in [-0.15, -0.1) is 0 Å². The van der Waals surface area contributed by atoms with Gasteiger partial charge in [-0.25, -0.2) is 9.67 Å². The van der Waals surface area contributed by atoms with Crippen LogP contribution in [-0.4, -0.2) is 29.5 Å². The molecule has 28 heavy (non-hydrogen) atoms. The zero-order chi connectivity index (χ0) is 18.9. The molecule has 0 saturated heterocycles. The molecule has 0 atom stereocenters. The topological polar surface area (TPSA) is 91.6 Å². The van der Waals surface area contributed by atoms with Gasteiger partial charge in [0, 0.05) is 5.56 Å². The van der Waals surface area contributed by atoms with E-state index in [1.54, 1.807) is 4.68 Å². The van der Waals surface area contributed by atoms with Crippen molar-refractivity contribution in [2.24, 2.45) is 0 Å². The van der Waals surface area contributed by atoms with Crippen LogP contribution in [0.4, 0.5) is 0 Å². The largest absolute Gasteiger partial charge is 0.337 e. The van der Waals surface area contributed by atoms with Crippen molar-refractivity contribution in [1.29, 1.82) is 0 Å². The second kappa shape index (κ2) is 6.58. The van der Waals surface area contributed by atoms with E-state index in [0.29, 0.717) is 22.7 Å². The average Bonchev–Trinajstić information content (AvgIpc) is 3.39. The second-order valence-corrected chi connectivity index (χ2v) is 6.18. The van der Waals surface area contributed by atoms with Crippen LogP contribution >= 0.6 is 0 Å². The SMILES string of the molecule is O=c1c2cnn(-c3ccccc3)c2ncn1Cc1nc(-c2ccccc2)no1. The van der Waals surface area contributed by atoms with Crippen molar-refractivity contribution in [2.45, 2.75) is 6.54 Å². The molecule has 3 aromatic heterocycles. The molecule has 0 bridgehead atoms. The number of hydrogen-bond donors (Lipinski definition) is 0. The Labute approximate surface area is 158 Å². The van der Waals surface area contributed by atoms with Crippen LogP contribution in [0.3, 0.4) is 0 Å². The predicted molar refractivity (Wildman–Crippen MR) is 102 cm³/mol. The maximum absolute atomic E-state index is 12.8.